The number of nitrogens with zero attached hydrogens (tertiary/aromatic N) is 4. The number of carbonyl (C=O) groups excluding carboxylic acids is 1. The van der Waals surface area contributed by atoms with E-state index < -0.39 is 16.5 Å². The molecule has 3 rings (SSSR count). The van der Waals surface area contributed by atoms with Crippen LogP contribution in [0.15, 0.2) is 42.9 Å². The van der Waals surface area contributed by atoms with Crippen LogP contribution in [0.1, 0.15) is 16.1 Å². The van der Waals surface area contributed by atoms with Crippen LogP contribution in [0.3, 0.4) is 0 Å². The number of aromatic amines is 1. The number of rotatable bonds is 5. The summed E-state index contributed by atoms with van der Waals surface area (Å²) in [6.45, 7) is 0.187. The van der Waals surface area contributed by atoms with E-state index in [1.165, 1.54) is 23.1 Å². The Balaban J connectivity index is 1.72. The van der Waals surface area contributed by atoms with Crippen LogP contribution in [-0.4, -0.2) is 30.8 Å². The molecule has 0 fully saturated rings. The zero-order valence-corrected chi connectivity index (χ0v) is 12.1. The number of benzene rings is 1. The third-order valence-corrected chi connectivity index (χ3v) is 3.22. The number of halogens is 1. The van der Waals surface area contributed by atoms with Crippen molar-refractivity contribution in [3.63, 3.8) is 0 Å². The molecule has 2 aromatic heterocycles. The molecule has 2 heterocycles. The summed E-state index contributed by atoms with van der Waals surface area (Å²) in [5.41, 5.74) is 0.0796. The van der Waals surface area contributed by atoms with Crippen molar-refractivity contribution < 1.29 is 14.1 Å². The fourth-order valence-corrected chi connectivity index (χ4v) is 2.09. The predicted molar refractivity (Wildman–Crippen MR) is 80.9 cm³/mol. The van der Waals surface area contributed by atoms with Crippen LogP contribution in [0, 0.1) is 15.9 Å². The molecule has 0 unspecified atom stereocenters. The first-order chi connectivity index (χ1) is 11.5. The highest BCUT2D eigenvalue weighted by atomic mass is 19.1. The van der Waals surface area contributed by atoms with Gasteiger partial charge in [-0.3, -0.25) is 24.7 Å². The topological polar surface area (TPSA) is 119 Å². The maximum absolute atomic E-state index is 13.6. The molecule has 1 amide bonds. The van der Waals surface area contributed by atoms with E-state index in [1.54, 1.807) is 18.2 Å². The smallest absolute Gasteiger partial charge is 0.318 e. The number of aromatic nitrogens is 4. The third kappa shape index (κ3) is 3.11. The van der Waals surface area contributed by atoms with Crippen LogP contribution in [0.4, 0.5) is 15.8 Å². The predicted octanol–water partition coefficient (Wildman–Crippen LogP) is 1.95. The van der Waals surface area contributed by atoms with Crippen LogP contribution in [0.2, 0.25) is 0 Å². The number of amides is 1. The zero-order chi connectivity index (χ0) is 17.1. The summed E-state index contributed by atoms with van der Waals surface area (Å²) in [5, 5.41) is 23.0. The van der Waals surface area contributed by atoms with Gasteiger partial charge in [0.05, 0.1) is 23.4 Å². The normalized spacial score (nSPS) is 10.5. The van der Waals surface area contributed by atoms with Gasteiger partial charge in [-0.15, -0.1) is 0 Å². The Hall–Kier alpha value is -3.56. The van der Waals surface area contributed by atoms with Gasteiger partial charge < -0.3 is 5.32 Å². The largest absolute Gasteiger partial charge is 0.319 e. The molecule has 0 atom stereocenters. The Kier molecular flexibility index (Phi) is 4.01. The van der Waals surface area contributed by atoms with Crippen molar-refractivity contribution in [1.82, 2.24) is 20.0 Å². The molecule has 1 aromatic carbocycles. The molecule has 10 heteroatoms. The van der Waals surface area contributed by atoms with Gasteiger partial charge in [0.1, 0.15) is 12.0 Å². The van der Waals surface area contributed by atoms with Crippen LogP contribution in [-0.2, 0) is 6.54 Å². The van der Waals surface area contributed by atoms with Crippen LogP contribution in [0.5, 0.6) is 0 Å². The number of nitro groups is 1. The van der Waals surface area contributed by atoms with E-state index in [9.17, 15) is 19.3 Å². The van der Waals surface area contributed by atoms with E-state index in [1.807, 2.05) is 0 Å². The number of anilines is 1. The lowest BCUT2D eigenvalue weighted by Gasteiger charge is -2.03. The van der Waals surface area contributed by atoms with Crippen molar-refractivity contribution >= 4 is 17.3 Å². The molecule has 0 radical (unpaired) electrons. The third-order valence-electron chi connectivity index (χ3n) is 3.22. The van der Waals surface area contributed by atoms with Crippen molar-refractivity contribution in [3.05, 3.63) is 70.0 Å². The van der Waals surface area contributed by atoms with Gasteiger partial charge in [0, 0.05) is 11.8 Å². The molecule has 122 valence electrons. The number of carbonyl (C=O) groups is 1. The van der Waals surface area contributed by atoms with E-state index >= 15 is 0 Å². The van der Waals surface area contributed by atoms with Gasteiger partial charge in [0.15, 0.2) is 0 Å². The Bertz CT molecular complexity index is 903. The first-order valence-electron chi connectivity index (χ1n) is 6.79. The fourth-order valence-electron chi connectivity index (χ4n) is 2.09. The van der Waals surface area contributed by atoms with Crippen molar-refractivity contribution in [2.45, 2.75) is 6.54 Å². The minimum absolute atomic E-state index is 0.187. The molecule has 0 saturated carbocycles. The van der Waals surface area contributed by atoms with Gasteiger partial charge in [0.25, 0.3) is 5.91 Å². The Morgan fingerprint density at radius 3 is 2.92 bits per heavy atom. The minimum atomic E-state index is -0.718. The molecule has 24 heavy (non-hydrogen) atoms. The summed E-state index contributed by atoms with van der Waals surface area (Å²) in [4.78, 5) is 22.1. The Labute approximate surface area is 134 Å². The second-order valence-electron chi connectivity index (χ2n) is 4.86. The molecule has 0 aliphatic heterocycles. The molecule has 0 bridgehead atoms. The summed E-state index contributed by atoms with van der Waals surface area (Å²) < 4.78 is 15.1. The van der Waals surface area contributed by atoms with Crippen molar-refractivity contribution in [2.24, 2.45) is 0 Å². The SMILES string of the molecule is O=C(Nc1cnn(Cc2ccccc2F)c1)c1[nH]ncc1[N+](=O)[O-]. The highest BCUT2D eigenvalue weighted by molar-refractivity contribution is 6.05. The Morgan fingerprint density at radius 1 is 1.38 bits per heavy atom. The van der Waals surface area contributed by atoms with Crippen molar-refractivity contribution in [2.75, 3.05) is 5.32 Å². The van der Waals surface area contributed by atoms with E-state index in [4.69, 9.17) is 0 Å². The van der Waals surface area contributed by atoms with Crippen LogP contribution in [0.25, 0.3) is 0 Å². The quantitative estimate of drug-likeness (QED) is 0.547. The molecule has 3 aromatic rings. The second kappa shape index (κ2) is 6.28. The van der Waals surface area contributed by atoms with Gasteiger partial charge in [0.2, 0.25) is 5.69 Å². The average Bonchev–Trinajstić information content (AvgIpc) is 3.19. The molecule has 0 aliphatic rings. The van der Waals surface area contributed by atoms with E-state index in [0.29, 0.717) is 11.3 Å². The monoisotopic (exact) mass is 330 g/mol. The maximum Gasteiger partial charge on any atom is 0.319 e. The number of H-pyrrole nitrogens is 1. The van der Waals surface area contributed by atoms with Crippen molar-refractivity contribution in [1.29, 1.82) is 0 Å². The highest BCUT2D eigenvalue weighted by Gasteiger charge is 2.23. The first-order valence-corrected chi connectivity index (χ1v) is 6.79. The van der Waals surface area contributed by atoms with Gasteiger partial charge in [-0.25, -0.2) is 4.39 Å². The first kappa shape index (κ1) is 15.3. The number of hydrogen-bond donors (Lipinski definition) is 2. The summed E-state index contributed by atoms with van der Waals surface area (Å²) >= 11 is 0. The van der Waals surface area contributed by atoms with E-state index in [0.717, 1.165) is 6.20 Å². The van der Waals surface area contributed by atoms with Crippen LogP contribution >= 0.6 is 0 Å². The van der Waals surface area contributed by atoms with E-state index in [2.05, 4.69) is 20.6 Å². The molecule has 0 saturated heterocycles. The Morgan fingerprint density at radius 2 is 2.17 bits per heavy atom. The standard InChI is InChI=1S/C14H11FN6O3/c15-11-4-2-1-3-9(11)7-20-8-10(5-17-20)18-14(22)13-12(21(23)24)6-16-19-13/h1-6,8H,7H2,(H,16,19)(H,18,22). The van der Waals surface area contributed by atoms with E-state index in [-0.39, 0.29) is 18.1 Å². The molecule has 0 spiro atoms. The highest BCUT2D eigenvalue weighted by Crippen LogP contribution is 2.17. The summed E-state index contributed by atoms with van der Waals surface area (Å²) in [6.07, 6.45) is 3.81. The lowest BCUT2D eigenvalue weighted by molar-refractivity contribution is -0.385. The molecular weight excluding hydrogens is 319 g/mol. The second-order valence-corrected chi connectivity index (χ2v) is 4.86. The molecule has 0 aliphatic carbocycles. The summed E-state index contributed by atoms with van der Waals surface area (Å²) in [6, 6.07) is 6.27. The van der Waals surface area contributed by atoms with Gasteiger partial charge >= 0.3 is 5.69 Å². The number of hydrogen-bond acceptors (Lipinski definition) is 5. The molecule has 9 nitrogen and oxygen atoms in total. The zero-order valence-electron chi connectivity index (χ0n) is 12.1. The summed E-state index contributed by atoms with van der Waals surface area (Å²) in [7, 11) is 0. The van der Waals surface area contributed by atoms with Crippen molar-refractivity contribution in [3.8, 4) is 0 Å². The summed E-state index contributed by atoms with van der Waals surface area (Å²) in [5.74, 6) is -1.07. The van der Waals surface area contributed by atoms with Gasteiger partial charge in [-0.2, -0.15) is 10.2 Å². The van der Waals surface area contributed by atoms with Gasteiger partial charge in [-0.1, -0.05) is 18.2 Å². The van der Waals surface area contributed by atoms with Gasteiger partial charge in [-0.05, 0) is 6.07 Å². The molecule has 2 N–H and O–H groups in total. The maximum atomic E-state index is 13.6. The van der Waals surface area contributed by atoms with Crippen LogP contribution < -0.4 is 5.32 Å². The lowest BCUT2D eigenvalue weighted by atomic mass is 10.2. The minimum Gasteiger partial charge on any atom is -0.318 e. The fraction of sp³-hybridized carbons (Fsp3) is 0.0714. The average molecular weight is 330 g/mol. The molecular formula is C14H11FN6O3. The number of nitrogens with one attached hydrogen (secondary N) is 2. The lowest BCUT2D eigenvalue weighted by Crippen LogP contribution is -2.13.